The van der Waals surface area contributed by atoms with Gasteiger partial charge in [-0.2, -0.15) is 0 Å². The highest BCUT2D eigenvalue weighted by atomic mass is 79.9. The monoisotopic (exact) mass is 363 g/mol. The van der Waals surface area contributed by atoms with Crippen molar-refractivity contribution in [3.63, 3.8) is 0 Å². The van der Waals surface area contributed by atoms with Crippen LogP contribution in [0.4, 0.5) is 8.78 Å². The van der Waals surface area contributed by atoms with Crippen LogP contribution in [0.2, 0.25) is 0 Å². The minimum Gasteiger partial charge on any atom is -0.374 e. The van der Waals surface area contributed by atoms with Crippen LogP contribution in [-0.4, -0.2) is 24.8 Å². The Morgan fingerprint density at radius 2 is 1.95 bits per heavy atom. The number of rotatable bonds is 8. The molecule has 1 aromatic rings. The summed E-state index contributed by atoms with van der Waals surface area (Å²) in [5.74, 6) is -1.05. The third kappa shape index (κ3) is 4.47. The van der Waals surface area contributed by atoms with Gasteiger partial charge in [-0.15, -0.1) is 0 Å². The summed E-state index contributed by atoms with van der Waals surface area (Å²) >= 11 is 3.11. The molecule has 1 N–H and O–H groups in total. The predicted octanol–water partition coefficient (Wildman–Crippen LogP) is 4.45. The van der Waals surface area contributed by atoms with Gasteiger partial charge in [-0.1, -0.05) is 13.8 Å². The van der Waals surface area contributed by atoms with Crippen LogP contribution in [-0.2, 0) is 11.2 Å². The maximum atomic E-state index is 14.2. The van der Waals surface area contributed by atoms with Gasteiger partial charge in [0.2, 0.25) is 0 Å². The van der Waals surface area contributed by atoms with E-state index in [4.69, 9.17) is 4.74 Å². The molecule has 0 heterocycles. The molecule has 120 valence electrons. The molecule has 2 nitrogen and oxygen atoms in total. The number of hydrogen-bond acceptors (Lipinski definition) is 2. The van der Waals surface area contributed by atoms with Gasteiger partial charge in [0.05, 0.1) is 10.1 Å². The quantitative estimate of drug-likeness (QED) is 0.688. The number of likely N-dealkylation sites (N-methyl/N-ethyl adjacent to an activating group) is 1. The molecule has 0 bridgehead atoms. The van der Waals surface area contributed by atoms with Crippen molar-refractivity contribution in [1.82, 2.24) is 5.32 Å². The molecule has 0 saturated heterocycles. The summed E-state index contributed by atoms with van der Waals surface area (Å²) in [4.78, 5) is 0. The van der Waals surface area contributed by atoms with E-state index < -0.39 is 17.2 Å². The highest BCUT2D eigenvalue weighted by Gasteiger charge is 2.34. The van der Waals surface area contributed by atoms with E-state index in [1.54, 1.807) is 0 Å². The van der Waals surface area contributed by atoms with Crippen molar-refractivity contribution in [3.8, 4) is 0 Å². The lowest BCUT2D eigenvalue weighted by atomic mass is 9.87. The van der Waals surface area contributed by atoms with E-state index in [-0.39, 0.29) is 22.5 Å². The molecular weight excluding hydrogens is 340 g/mol. The highest BCUT2D eigenvalue weighted by molar-refractivity contribution is 9.10. The number of nitrogens with one attached hydrogen (secondary N) is 1. The van der Waals surface area contributed by atoms with Gasteiger partial charge in [-0.05, 0) is 61.3 Å². The summed E-state index contributed by atoms with van der Waals surface area (Å²) in [6.45, 7) is 9.19. The molecule has 0 aromatic heterocycles. The van der Waals surface area contributed by atoms with Crippen LogP contribution in [0, 0.1) is 11.6 Å². The van der Waals surface area contributed by atoms with Crippen LogP contribution in [0.25, 0.3) is 0 Å². The van der Waals surface area contributed by atoms with E-state index in [0.29, 0.717) is 13.2 Å². The van der Waals surface area contributed by atoms with Gasteiger partial charge in [0.25, 0.3) is 0 Å². The molecule has 1 aromatic carbocycles. The average molecular weight is 364 g/mol. The van der Waals surface area contributed by atoms with Crippen LogP contribution >= 0.6 is 15.9 Å². The molecule has 0 radical (unpaired) electrons. The zero-order chi connectivity index (χ0) is 16.0. The van der Waals surface area contributed by atoms with E-state index >= 15 is 0 Å². The Hall–Kier alpha value is -0.520. The number of halogens is 3. The van der Waals surface area contributed by atoms with Crippen molar-refractivity contribution >= 4 is 15.9 Å². The first kappa shape index (κ1) is 18.5. The fraction of sp³-hybridized carbons (Fsp3) is 0.625. The van der Waals surface area contributed by atoms with Crippen molar-refractivity contribution in [2.24, 2.45) is 0 Å². The van der Waals surface area contributed by atoms with Gasteiger partial charge in [0, 0.05) is 18.2 Å². The largest absolute Gasteiger partial charge is 0.374 e. The standard InChI is InChI=1S/C16H24BrF2NO/c1-5-16(4,21-7-3)14(20-6-2)10-11-13(18)9-8-12(17)15(11)19/h8-9,14,20H,5-7,10H2,1-4H3. The lowest BCUT2D eigenvalue weighted by Crippen LogP contribution is -2.51. The van der Waals surface area contributed by atoms with Crippen molar-refractivity contribution in [3.05, 3.63) is 33.8 Å². The molecule has 1 rings (SSSR count). The fourth-order valence-corrected chi connectivity index (χ4v) is 2.86. The van der Waals surface area contributed by atoms with Gasteiger partial charge in [-0.3, -0.25) is 0 Å². The lowest BCUT2D eigenvalue weighted by molar-refractivity contribution is -0.0549. The van der Waals surface area contributed by atoms with Gasteiger partial charge in [-0.25, -0.2) is 8.78 Å². The number of benzene rings is 1. The molecule has 21 heavy (non-hydrogen) atoms. The van der Waals surface area contributed by atoms with Gasteiger partial charge in [0.1, 0.15) is 11.6 Å². The molecule has 0 aliphatic carbocycles. The smallest absolute Gasteiger partial charge is 0.143 e. The Balaban J connectivity index is 3.11. The Kier molecular flexibility index (Phi) is 7.24. The van der Waals surface area contributed by atoms with E-state index in [0.717, 1.165) is 6.42 Å². The SMILES string of the molecule is CCNC(Cc1c(F)ccc(Br)c1F)C(C)(CC)OCC. The topological polar surface area (TPSA) is 21.3 Å². The predicted molar refractivity (Wildman–Crippen MR) is 85.5 cm³/mol. The third-order valence-corrected chi connectivity index (χ3v) is 4.52. The van der Waals surface area contributed by atoms with Crippen molar-refractivity contribution in [2.75, 3.05) is 13.2 Å². The number of ether oxygens (including phenoxy) is 1. The van der Waals surface area contributed by atoms with E-state index in [9.17, 15) is 8.78 Å². The molecule has 5 heteroatoms. The van der Waals surface area contributed by atoms with Crippen molar-refractivity contribution in [1.29, 1.82) is 0 Å². The van der Waals surface area contributed by atoms with Crippen molar-refractivity contribution < 1.29 is 13.5 Å². The molecular formula is C16H24BrF2NO. The summed E-state index contributed by atoms with van der Waals surface area (Å²) in [7, 11) is 0. The van der Waals surface area contributed by atoms with Crippen LogP contribution in [0.3, 0.4) is 0 Å². The van der Waals surface area contributed by atoms with Crippen molar-refractivity contribution in [2.45, 2.75) is 52.2 Å². The summed E-state index contributed by atoms with van der Waals surface area (Å²) in [5, 5.41) is 3.31. The molecule has 0 fully saturated rings. The van der Waals surface area contributed by atoms with Crippen LogP contribution in [0.1, 0.15) is 39.7 Å². The van der Waals surface area contributed by atoms with E-state index in [1.165, 1.54) is 12.1 Å². The van der Waals surface area contributed by atoms with Gasteiger partial charge < -0.3 is 10.1 Å². The second-order valence-electron chi connectivity index (χ2n) is 5.24. The third-order valence-electron chi connectivity index (χ3n) is 3.91. The molecule has 0 aliphatic rings. The normalized spacial score (nSPS) is 15.8. The Morgan fingerprint density at radius 3 is 2.48 bits per heavy atom. The summed E-state index contributed by atoms with van der Waals surface area (Å²) in [6.07, 6.45) is 1.00. The Labute approximate surface area is 134 Å². The number of hydrogen-bond donors (Lipinski definition) is 1. The molecule has 2 unspecified atom stereocenters. The average Bonchev–Trinajstić information content (AvgIpc) is 2.46. The van der Waals surface area contributed by atoms with E-state index in [2.05, 4.69) is 21.2 Å². The summed E-state index contributed by atoms with van der Waals surface area (Å²) < 4.78 is 34.3. The summed E-state index contributed by atoms with van der Waals surface area (Å²) in [5.41, 5.74) is -0.374. The van der Waals surface area contributed by atoms with Crippen LogP contribution < -0.4 is 5.32 Å². The first-order valence-corrected chi connectivity index (χ1v) is 8.18. The molecule has 2 atom stereocenters. The van der Waals surface area contributed by atoms with Gasteiger partial charge in [0.15, 0.2) is 0 Å². The zero-order valence-electron chi connectivity index (χ0n) is 13.1. The second-order valence-corrected chi connectivity index (χ2v) is 6.09. The minimum atomic E-state index is -0.534. The summed E-state index contributed by atoms with van der Waals surface area (Å²) in [6, 6.07) is 2.51. The maximum Gasteiger partial charge on any atom is 0.143 e. The molecule has 0 amide bonds. The van der Waals surface area contributed by atoms with Crippen LogP contribution in [0.5, 0.6) is 0 Å². The maximum absolute atomic E-state index is 14.2. The molecule has 0 saturated carbocycles. The lowest BCUT2D eigenvalue weighted by Gasteiger charge is -2.37. The zero-order valence-corrected chi connectivity index (χ0v) is 14.7. The van der Waals surface area contributed by atoms with E-state index in [1.807, 2.05) is 27.7 Å². The Morgan fingerprint density at radius 1 is 1.29 bits per heavy atom. The first-order chi connectivity index (χ1) is 9.89. The Bertz CT molecular complexity index is 470. The minimum absolute atomic E-state index is 0.0923. The van der Waals surface area contributed by atoms with Crippen LogP contribution in [0.15, 0.2) is 16.6 Å². The second kappa shape index (κ2) is 8.20. The molecule has 0 spiro atoms. The highest BCUT2D eigenvalue weighted by Crippen LogP contribution is 2.28. The fourth-order valence-electron chi connectivity index (χ4n) is 2.49. The molecule has 0 aliphatic heterocycles. The van der Waals surface area contributed by atoms with Gasteiger partial charge >= 0.3 is 0 Å². The first-order valence-electron chi connectivity index (χ1n) is 7.39.